The molecule has 0 fully saturated rings. The molecule has 1 unspecified atom stereocenters. The smallest absolute Gasteiger partial charge is 0.175 e. The highest BCUT2D eigenvalue weighted by Gasteiger charge is 2.05. The standard InChI is InChI=1S/C7H13N3S3/c1-5(8-2)4-12-7-10-9-6(11-3)13-7/h5,8H,4H2,1-3H3. The van der Waals surface area contributed by atoms with Gasteiger partial charge in [-0.3, -0.25) is 0 Å². The van der Waals surface area contributed by atoms with Gasteiger partial charge in [-0.1, -0.05) is 34.9 Å². The molecule has 13 heavy (non-hydrogen) atoms. The van der Waals surface area contributed by atoms with E-state index in [1.54, 1.807) is 34.9 Å². The molecule has 0 aliphatic heterocycles. The van der Waals surface area contributed by atoms with Gasteiger partial charge in [-0.2, -0.15) is 0 Å². The van der Waals surface area contributed by atoms with E-state index < -0.39 is 0 Å². The first kappa shape index (κ1) is 11.3. The van der Waals surface area contributed by atoms with Crippen LogP contribution in [0.15, 0.2) is 8.68 Å². The van der Waals surface area contributed by atoms with Crippen LogP contribution in [0, 0.1) is 0 Å². The fraction of sp³-hybridized carbons (Fsp3) is 0.714. The molecule has 1 aromatic rings. The molecular weight excluding hydrogens is 222 g/mol. The van der Waals surface area contributed by atoms with Crippen LogP contribution in [0.3, 0.4) is 0 Å². The summed E-state index contributed by atoms with van der Waals surface area (Å²) in [4.78, 5) is 0. The molecule has 0 saturated heterocycles. The third kappa shape index (κ3) is 3.84. The zero-order valence-electron chi connectivity index (χ0n) is 7.90. The second-order valence-corrected chi connectivity index (χ2v) is 5.84. The fourth-order valence-electron chi connectivity index (χ4n) is 0.618. The second-order valence-electron chi connectivity index (χ2n) is 2.54. The van der Waals surface area contributed by atoms with E-state index in [4.69, 9.17) is 0 Å². The van der Waals surface area contributed by atoms with Crippen LogP contribution in [0.4, 0.5) is 0 Å². The molecule has 74 valence electrons. The predicted octanol–water partition coefficient (Wildman–Crippen LogP) is 1.96. The van der Waals surface area contributed by atoms with Crippen LogP contribution in [0.1, 0.15) is 6.92 Å². The predicted molar refractivity (Wildman–Crippen MR) is 60.9 cm³/mol. The summed E-state index contributed by atoms with van der Waals surface area (Å²) < 4.78 is 2.10. The van der Waals surface area contributed by atoms with E-state index in [1.807, 2.05) is 13.3 Å². The van der Waals surface area contributed by atoms with Crippen molar-refractivity contribution >= 4 is 34.9 Å². The largest absolute Gasteiger partial charge is 0.316 e. The van der Waals surface area contributed by atoms with E-state index in [0.29, 0.717) is 6.04 Å². The molecule has 0 aliphatic carbocycles. The SMILES string of the molecule is CNC(C)CSc1nnc(SC)s1. The second kappa shape index (κ2) is 5.85. The lowest BCUT2D eigenvalue weighted by atomic mass is 10.4. The van der Waals surface area contributed by atoms with Crippen LogP contribution in [0.2, 0.25) is 0 Å². The fourth-order valence-corrected chi connectivity index (χ4v) is 3.12. The zero-order chi connectivity index (χ0) is 9.68. The van der Waals surface area contributed by atoms with Crippen molar-refractivity contribution in [2.45, 2.75) is 21.6 Å². The molecule has 1 aromatic heterocycles. The minimum Gasteiger partial charge on any atom is -0.316 e. The maximum atomic E-state index is 4.08. The lowest BCUT2D eigenvalue weighted by Crippen LogP contribution is -2.23. The first-order chi connectivity index (χ1) is 6.26. The highest BCUT2D eigenvalue weighted by atomic mass is 32.2. The van der Waals surface area contributed by atoms with Gasteiger partial charge in [0.05, 0.1) is 0 Å². The minimum absolute atomic E-state index is 0.520. The summed E-state index contributed by atoms with van der Waals surface area (Å²) in [6, 6.07) is 0.520. The average molecular weight is 235 g/mol. The molecular formula is C7H13N3S3. The summed E-state index contributed by atoms with van der Waals surface area (Å²) in [5, 5.41) is 11.3. The van der Waals surface area contributed by atoms with Gasteiger partial charge in [0.25, 0.3) is 0 Å². The lowest BCUT2D eigenvalue weighted by molar-refractivity contribution is 0.677. The summed E-state index contributed by atoms with van der Waals surface area (Å²) in [6.07, 6.45) is 2.02. The van der Waals surface area contributed by atoms with E-state index in [2.05, 4.69) is 22.4 Å². The third-order valence-corrected chi connectivity index (χ3v) is 4.80. The van der Waals surface area contributed by atoms with E-state index in [9.17, 15) is 0 Å². The van der Waals surface area contributed by atoms with E-state index in [1.165, 1.54) is 0 Å². The number of rotatable bonds is 5. The van der Waals surface area contributed by atoms with Gasteiger partial charge < -0.3 is 5.32 Å². The molecule has 1 heterocycles. The molecule has 0 aromatic carbocycles. The van der Waals surface area contributed by atoms with Gasteiger partial charge in [-0.25, -0.2) is 0 Å². The average Bonchev–Trinajstić information content (AvgIpc) is 2.61. The Hall–Kier alpha value is 0.220. The molecule has 0 radical (unpaired) electrons. The van der Waals surface area contributed by atoms with Gasteiger partial charge >= 0.3 is 0 Å². The van der Waals surface area contributed by atoms with Crippen molar-refractivity contribution in [1.82, 2.24) is 15.5 Å². The van der Waals surface area contributed by atoms with Crippen LogP contribution in [0.5, 0.6) is 0 Å². The van der Waals surface area contributed by atoms with Crippen molar-refractivity contribution in [1.29, 1.82) is 0 Å². The Balaban J connectivity index is 2.36. The first-order valence-corrected chi connectivity index (χ1v) is 6.96. The first-order valence-electron chi connectivity index (χ1n) is 3.93. The van der Waals surface area contributed by atoms with Crippen molar-refractivity contribution in [2.75, 3.05) is 19.1 Å². The highest BCUT2D eigenvalue weighted by Crippen LogP contribution is 2.27. The van der Waals surface area contributed by atoms with Crippen molar-refractivity contribution in [3.63, 3.8) is 0 Å². The Morgan fingerprint density at radius 3 is 2.69 bits per heavy atom. The van der Waals surface area contributed by atoms with Gasteiger partial charge in [-0.05, 0) is 20.2 Å². The third-order valence-electron chi connectivity index (χ3n) is 1.51. The van der Waals surface area contributed by atoms with E-state index in [-0.39, 0.29) is 0 Å². The summed E-state index contributed by atoms with van der Waals surface area (Å²) in [5.41, 5.74) is 0. The molecule has 1 N–H and O–H groups in total. The van der Waals surface area contributed by atoms with Crippen LogP contribution >= 0.6 is 34.9 Å². The van der Waals surface area contributed by atoms with Crippen LogP contribution in [-0.4, -0.2) is 35.3 Å². The Labute approximate surface area is 91.1 Å². The minimum atomic E-state index is 0.520. The number of aromatic nitrogens is 2. The molecule has 0 bridgehead atoms. The molecule has 0 aliphatic rings. The van der Waals surface area contributed by atoms with E-state index >= 15 is 0 Å². The zero-order valence-corrected chi connectivity index (χ0v) is 10.4. The maximum Gasteiger partial charge on any atom is 0.175 e. The number of hydrogen-bond acceptors (Lipinski definition) is 6. The topological polar surface area (TPSA) is 37.8 Å². The molecule has 0 spiro atoms. The number of nitrogens with zero attached hydrogens (tertiary/aromatic N) is 2. The van der Waals surface area contributed by atoms with Gasteiger partial charge in [0, 0.05) is 11.8 Å². The maximum absolute atomic E-state index is 4.08. The number of nitrogens with one attached hydrogen (secondary N) is 1. The van der Waals surface area contributed by atoms with Gasteiger partial charge in [-0.15, -0.1) is 10.2 Å². The monoisotopic (exact) mass is 235 g/mol. The van der Waals surface area contributed by atoms with Crippen LogP contribution in [-0.2, 0) is 0 Å². The number of hydrogen-bond donors (Lipinski definition) is 1. The molecule has 1 atom stereocenters. The molecule has 0 amide bonds. The van der Waals surface area contributed by atoms with Gasteiger partial charge in [0.2, 0.25) is 0 Å². The van der Waals surface area contributed by atoms with Crippen molar-refractivity contribution in [3.05, 3.63) is 0 Å². The molecule has 6 heteroatoms. The summed E-state index contributed by atoms with van der Waals surface area (Å²) in [6.45, 7) is 2.16. The highest BCUT2D eigenvalue weighted by molar-refractivity contribution is 8.03. The van der Waals surface area contributed by atoms with Crippen molar-refractivity contribution in [2.24, 2.45) is 0 Å². The normalized spacial score (nSPS) is 13.2. The van der Waals surface area contributed by atoms with Crippen LogP contribution in [0.25, 0.3) is 0 Å². The molecule has 1 rings (SSSR count). The molecule has 3 nitrogen and oxygen atoms in total. The summed E-state index contributed by atoms with van der Waals surface area (Å²) in [5.74, 6) is 1.04. The molecule has 0 saturated carbocycles. The van der Waals surface area contributed by atoms with Gasteiger partial charge in [0.1, 0.15) is 0 Å². The number of thioether (sulfide) groups is 2. The lowest BCUT2D eigenvalue weighted by Gasteiger charge is -2.06. The quantitative estimate of drug-likeness (QED) is 0.790. The van der Waals surface area contributed by atoms with E-state index in [0.717, 1.165) is 14.4 Å². The van der Waals surface area contributed by atoms with Crippen molar-refractivity contribution < 1.29 is 0 Å². The Morgan fingerprint density at radius 2 is 2.15 bits per heavy atom. The van der Waals surface area contributed by atoms with Crippen molar-refractivity contribution in [3.8, 4) is 0 Å². The Morgan fingerprint density at radius 1 is 1.46 bits per heavy atom. The Bertz CT molecular complexity index is 251. The van der Waals surface area contributed by atoms with Gasteiger partial charge in [0.15, 0.2) is 8.68 Å². The van der Waals surface area contributed by atoms with Crippen LogP contribution < -0.4 is 5.32 Å². The Kier molecular flexibility index (Phi) is 5.08. The summed E-state index contributed by atoms with van der Waals surface area (Å²) >= 11 is 5.07. The summed E-state index contributed by atoms with van der Waals surface area (Å²) in [7, 11) is 1.97.